The van der Waals surface area contributed by atoms with Gasteiger partial charge in [-0.15, -0.1) is 0 Å². The smallest absolute Gasteiger partial charge is 0.267 e. The maximum atomic E-state index is 13.1. The molecule has 0 saturated heterocycles. The van der Waals surface area contributed by atoms with E-state index in [1.165, 1.54) is 12.1 Å². The lowest BCUT2D eigenvalue weighted by atomic mass is 10.1. The van der Waals surface area contributed by atoms with Crippen LogP contribution < -0.4 is 5.43 Å². The highest BCUT2D eigenvalue weighted by atomic mass is 35.5. The van der Waals surface area contributed by atoms with Gasteiger partial charge in [0, 0.05) is 16.1 Å². The molecular formula is C15H12ClFN2O. The summed E-state index contributed by atoms with van der Waals surface area (Å²) in [6, 6.07) is 12.5. The molecule has 2 rings (SSSR count). The summed E-state index contributed by atoms with van der Waals surface area (Å²) in [6.45, 7) is 1.69. The van der Waals surface area contributed by atoms with Crippen molar-refractivity contribution in [2.24, 2.45) is 5.10 Å². The van der Waals surface area contributed by atoms with Crippen LogP contribution in [-0.2, 0) is 0 Å². The fraction of sp³-hybridized carbons (Fsp3) is 0.0667. The summed E-state index contributed by atoms with van der Waals surface area (Å²) >= 11 is 5.74. The molecule has 0 radical (unpaired) electrons. The zero-order valence-corrected chi connectivity index (χ0v) is 11.5. The fourth-order valence-electron chi connectivity index (χ4n) is 1.58. The molecule has 102 valence electrons. The number of carbonyl (C=O) groups excluding carboxylic acids is 1. The molecule has 0 spiro atoms. The molecule has 0 heterocycles. The van der Waals surface area contributed by atoms with Crippen molar-refractivity contribution >= 4 is 23.2 Å². The van der Waals surface area contributed by atoms with E-state index >= 15 is 0 Å². The van der Waals surface area contributed by atoms with Crippen molar-refractivity contribution in [2.45, 2.75) is 6.92 Å². The first kappa shape index (κ1) is 14.2. The predicted molar refractivity (Wildman–Crippen MR) is 77.5 cm³/mol. The van der Waals surface area contributed by atoms with Gasteiger partial charge in [-0.25, -0.2) is 9.82 Å². The van der Waals surface area contributed by atoms with Crippen molar-refractivity contribution < 1.29 is 9.18 Å². The number of carbonyl (C=O) groups is 1. The number of rotatable bonds is 3. The summed E-state index contributed by atoms with van der Waals surface area (Å²) in [6.07, 6.45) is 0. The quantitative estimate of drug-likeness (QED) is 0.680. The molecule has 0 fully saturated rings. The van der Waals surface area contributed by atoms with Crippen LogP contribution >= 0.6 is 11.6 Å². The number of hydrogen-bond acceptors (Lipinski definition) is 2. The Morgan fingerprint density at radius 1 is 1.15 bits per heavy atom. The van der Waals surface area contributed by atoms with E-state index in [9.17, 15) is 9.18 Å². The number of hydrogen-bond donors (Lipinski definition) is 1. The van der Waals surface area contributed by atoms with Crippen LogP contribution in [0.3, 0.4) is 0 Å². The second kappa shape index (κ2) is 6.30. The van der Waals surface area contributed by atoms with Crippen molar-refractivity contribution in [3.8, 4) is 0 Å². The summed E-state index contributed by atoms with van der Waals surface area (Å²) in [5.41, 5.74) is 4.00. The van der Waals surface area contributed by atoms with Crippen LogP contribution in [0, 0.1) is 5.82 Å². The molecule has 2 aromatic carbocycles. The summed E-state index contributed by atoms with van der Waals surface area (Å²) in [7, 11) is 0. The van der Waals surface area contributed by atoms with Gasteiger partial charge in [0.25, 0.3) is 5.91 Å². The Bertz CT molecular complexity index is 653. The summed E-state index contributed by atoms with van der Waals surface area (Å²) in [5.74, 6) is -0.696. The van der Waals surface area contributed by atoms with E-state index in [-0.39, 0.29) is 11.7 Å². The highest BCUT2D eigenvalue weighted by Gasteiger charge is 2.05. The van der Waals surface area contributed by atoms with Crippen LogP contribution in [0.5, 0.6) is 0 Å². The molecular weight excluding hydrogens is 279 g/mol. The Labute approximate surface area is 121 Å². The number of benzene rings is 2. The van der Waals surface area contributed by atoms with Gasteiger partial charge >= 0.3 is 0 Å². The van der Waals surface area contributed by atoms with Crippen LogP contribution in [0.1, 0.15) is 22.8 Å². The maximum Gasteiger partial charge on any atom is 0.271 e. The molecule has 0 bridgehead atoms. The van der Waals surface area contributed by atoms with Gasteiger partial charge in [0.05, 0.1) is 5.71 Å². The highest BCUT2D eigenvalue weighted by molar-refractivity contribution is 6.30. The van der Waals surface area contributed by atoms with Crippen LogP contribution in [-0.4, -0.2) is 11.6 Å². The SMILES string of the molecule is C/C(=N\NC(=O)c1ccc(Cl)cc1)c1cccc(F)c1. The molecule has 3 nitrogen and oxygen atoms in total. The maximum absolute atomic E-state index is 13.1. The molecule has 5 heteroatoms. The summed E-state index contributed by atoms with van der Waals surface area (Å²) in [5, 5.41) is 4.51. The van der Waals surface area contributed by atoms with Crippen LogP contribution in [0.2, 0.25) is 5.02 Å². The molecule has 0 aliphatic rings. The van der Waals surface area contributed by atoms with Gasteiger partial charge in [-0.2, -0.15) is 5.10 Å². The fourth-order valence-corrected chi connectivity index (χ4v) is 1.70. The molecule has 0 aliphatic carbocycles. The van der Waals surface area contributed by atoms with Crippen LogP contribution in [0.15, 0.2) is 53.6 Å². The third-order valence-corrected chi connectivity index (χ3v) is 2.93. The Morgan fingerprint density at radius 3 is 2.50 bits per heavy atom. The topological polar surface area (TPSA) is 41.5 Å². The largest absolute Gasteiger partial charge is 0.271 e. The van der Waals surface area contributed by atoms with Gasteiger partial charge in [0.15, 0.2) is 0 Å². The Kier molecular flexibility index (Phi) is 4.48. The van der Waals surface area contributed by atoms with Gasteiger partial charge in [0.1, 0.15) is 5.82 Å². The Balaban J connectivity index is 2.08. The monoisotopic (exact) mass is 290 g/mol. The van der Waals surface area contributed by atoms with E-state index in [4.69, 9.17) is 11.6 Å². The molecule has 0 atom stereocenters. The molecule has 0 saturated carbocycles. The lowest BCUT2D eigenvalue weighted by Gasteiger charge is -2.03. The third kappa shape index (κ3) is 3.65. The van der Waals surface area contributed by atoms with E-state index < -0.39 is 0 Å². The van der Waals surface area contributed by atoms with Gasteiger partial charge in [-0.3, -0.25) is 4.79 Å². The van der Waals surface area contributed by atoms with Crippen molar-refractivity contribution in [3.05, 3.63) is 70.5 Å². The van der Waals surface area contributed by atoms with E-state index in [1.54, 1.807) is 43.3 Å². The minimum atomic E-state index is -0.350. The predicted octanol–water partition coefficient (Wildman–Crippen LogP) is 3.63. The summed E-state index contributed by atoms with van der Waals surface area (Å²) < 4.78 is 13.1. The molecule has 2 aromatic rings. The van der Waals surface area contributed by atoms with Crippen molar-refractivity contribution in [2.75, 3.05) is 0 Å². The van der Waals surface area contributed by atoms with Gasteiger partial charge < -0.3 is 0 Å². The van der Waals surface area contributed by atoms with Crippen molar-refractivity contribution in [3.63, 3.8) is 0 Å². The zero-order chi connectivity index (χ0) is 14.5. The number of halogens is 2. The first-order valence-corrected chi connectivity index (χ1v) is 6.30. The molecule has 20 heavy (non-hydrogen) atoms. The Morgan fingerprint density at radius 2 is 1.85 bits per heavy atom. The van der Waals surface area contributed by atoms with Crippen LogP contribution in [0.25, 0.3) is 0 Å². The summed E-state index contributed by atoms with van der Waals surface area (Å²) in [4.78, 5) is 11.8. The highest BCUT2D eigenvalue weighted by Crippen LogP contribution is 2.09. The van der Waals surface area contributed by atoms with Gasteiger partial charge in [0.2, 0.25) is 0 Å². The average Bonchev–Trinajstić information content (AvgIpc) is 2.45. The van der Waals surface area contributed by atoms with Crippen molar-refractivity contribution in [1.29, 1.82) is 0 Å². The van der Waals surface area contributed by atoms with E-state index in [0.29, 0.717) is 21.9 Å². The number of nitrogens with zero attached hydrogens (tertiary/aromatic N) is 1. The van der Waals surface area contributed by atoms with Crippen molar-refractivity contribution in [1.82, 2.24) is 5.43 Å². The molecule has 1 N–H and O–H groups in total. The second-order valence-corrected chi connectivity index (χ2v) is 4.59. The van der Waals surface area contributed by atoms with E-state index in [0.717, 1.165) is 0 Å². The van der Waals surface area contributed by atoms with Gasteiger partial charge in [-0.05, 0) is 43.3 Å². The lowest BCUT2D eigenvalue weighted by molar-refractivity contribution is 0.0955. The standard InChI is InChI=1S/C15H12ClFN2O/c1-10(12-3-2-4-14(17)9-12)18-19-15(20)11-5-7-13(16)8-6-11/h2-9H,1H3,(H,19,20)/b18-10+. The average molecular weight is 291 g/mol. The first-order chi connectivity index (χ1) is 9.56. The van der Waals surface area contributed by atoms with E-state index in [2.05, 4.69) is 10.5 Å². The molecule has 0 aromatic heterocycles. The van der Waals surface area contributed by atoms with Crippen LogP contribution in [0.4, 0.5) is 4.39 Å². The first-order valence-electron chi connectivity index (χ1n) is 5.92. The molecule has 1 amide bonds. The van der Waals surface area contributed by atoms with Gasteiger partial charge in [-0.1, -0.05) is 23.7 Å². The Hall–Kier alpha value is -2.20. The number of hydrazone groups is 1. The minimum absolute atomic E-state index is 0.346. The molecule has 0 unspecified atom stereocenters. The number of amides is 1. The minimum Gasteiger partial charge on any atom is -0.267 e. The normalized spacial score (nSPS) is 11.2. The molecule has 0 aliphatic heterocycles. The zero-order valence-electron chi connectivity index (χ0n) is 10.7. The second-order valence-electron chi connectivity index (χ2n) is 4.16. The number of nitrogens with one attached hydrogen (secondary N) is 1. The van der Waals surface area contributed by atoms with E-state index in [1.807, 2.05) is 0 Å². The lowest BCUT2D eigenvalue weighted by Crippen LogP contribution is -2.19. The third-order valence-electron chi connectivity index (χ3n) is 2.67.